The molecule has 0 aliphatic heterocycles. The van der Waals surface area contributed by atoms with Gasteiger partial charge in [0.25, 0.3) is 0 Å². The highest BCUT2D eigenvalue weighted by Crippen LogP contribution is 2.16. The number of hydrogen-bond acceptors (Lipinski definition) is 2. The minimum Gasteiger partial charge on any atom is -0.353 e. The van der Waals surface area contributed by atoms with E-state index in [1.807, 2.05) is 11.7 Å². The molecule has 0 aromatic carbocycles. The second-order valence-corrected chi connectivity index (χ2v) is 4.56. The summed E-state index contributed by atoms with van der Waals surface area (Å²) < 4.78 is 4.00. The standard InChI is InChI=1S/C13H20N4/c1-10(13-9-17(4)15-11(13)2)14-8-12-6-5-7-16(12)3/h5-7,9-10,14H,8H2,1-4H3. The normalized spacial score (nSPS) is 12.9. The Balaban J connectivity index is 2.00. The van der Waals surface area contributed by atoms with Gasteiger partial charge in [-0.25, -0.2) is 0 Å². The van der Waals surface area contributed by atoms with Crippen LogP contribution in [0.2, 0.25) is 0 Å². The zero-order valence-electron chi connectivity index (χ0n) is 10.9. The molecule has 4 nitrogen and oxygen atoms in total. The third-order valence-electron chi connectivity index (χ3n) is 3.16. The highest BCUT2D eigenvalue weighted by Gasteiger charge is 2.11. The molecule has 92 valence electrons. The summed E-state index contributed by atoms with van der Waals surface area (Å²) in [4.78, 5) is 0. The molecule has 17 heavy (non-hydrogen) atoms. The first kappa shape index (κ1) is 11.9. The van der Waals surface area contributed by atoms with Crippen LogP contribution in [0.1, 0.15) is 29.9 Å². The van der Waals surface area contributed by atoms with Crippen LogP contribution in [0.25, 0.3) is 0 Å². The smallest absolute Gasteiger partial charge is 0.0641 e. The molecule has 2 aromatic rings. The summed E-state index contributed by atoms with van der Waals surface area (Å²) in [6.07, 6.45) is 4.15. The largest absolute Gasteiger partial charge is 0.353 e. The lowest BCUT2D eigenvalue weighted by atomic mass is 10.1. The summed E-state index contributed by atoms with van der Waals surface area (Å²) in [5.41, 5.74) is 3.65. The van der Waals surface area contributed by atoms with Crippen LogP contribution in [0.15, 0.2) is 24.5 Å². The zero-order valence-corrected chi connectivity index (χ0v) is 10.9. The highest BCUT2D eigenvalue weighted by molar-refractivity contribution is 5.19. The first-order valence-corrected chi connectivity index (χ1v) is 5.91. The first-order chi connectivity index (χ1) is 8.08. The van der Waals surface area contributed by atoms with Crippen molar-refractivity contribution in [1.82, 2.24) is 19.7 Å². The van der Waals surface area contributed by atoms with Crippen molar-refractivity contribution in [2.75, 3.05) is 0 Å². The lowest BCUT2D eigenvalue weighted by Gasteiger charge is -2.13. The van der Waals surface area contributed by atoms with Gasteiger partial charge in [-0.05, 0) is 26.0 Å². The molecular weight excluding hydrogens is 212 g/mol. The fourth-order valence-corrected chi connectivity index (χ4v) is 2.09. The van der Waals surface area contributed by atoms with E-state index in [1.54, 1.807) is 0 Å². The Morgan fingerprint density at radius 3 is 2.71 bits per heavy atom. The third-order valence-corrected chi connectivity index (χ3v) is 3.16. The van der Waals surface area contributed by atoms with Crippen LogP contribution in [0.3, 0.4) is 0 Å². The Morgan fingerprint density at radius 2 is 2.18 bits per heavy atom. The second-order valence-electron chi connectivity index (χ2n) is 4.56. The molecule has 0 radical (unpaired) electrons. The maximum atomic E-state index is 4.37. The van der Waals surface area contributed by atoms with Crippen LogP contribution in [0.4, 0.5) is 0 Å². The summed E-state index contributed by atoms with van der Waals surface area (Å²) in [6, 6.07) is 4.52. The van der Waals surface area contributed by atoms with Crippen LogP contribution in [-0.4, -0.2) is 14.3 Å². The third kappa shape index (κ3) is 2.58. The van der Waals surface area contributed by atoms with E-state index in [0.717, 1.165) is 12.2 Å². The van der Waals surface area contributed by atoms with Crippen molar-refractivity contribution in [1.29, 1.82) is 0 Å². The van der Waals surface area contributed by atoms with E-state index in [4.69, 9.17) is 0 Å². The number of aromatic nitrogens is 3. The van der Waals surface area contributed by atoms with Gasteiger partial charge in [0.2, 0.25) is 0 Å². The molecule has 0 fully saturated rings. The molecular formula is C13H20N4. The highest BCUT2D eigenvalue weighted by atomic mass is 15.3. The van der Waals surface area contributed by atoms with Gasteiger partial charge in [-0.2, -0.15) is 5.10 Å². The Kier molecular flexibility index (Phi) is 3.33. The molecule has 4 heteroatoms. The van der Waals surface area contributed by atoms with E-state index in [2.05, 4.69) is 60.4 Å². The second kappa shape index (κ2) is 4.75. The summed E-state index contributed by atoms with van der Waals surface area (Å²) >= 11 is 0. The van der Waals surface area contributed by atoms with E-state index in [0.29, 0.717) is 6.04 Å². The molecule has 0 saturated heterocycles. The number of nitrogens with one attached hydrogen (secondary N) is 1. The Hall–Kier alpha value is -1.55. The minimum absolute atomic E-state index is 0.318. The van der Waals surface area contributed by atoms with Gasteiger partial charge in [0.05, 0.1) is 5.69 Å². The summed E-state index contributed by atoms with van der Waals surface area (Å²) in [5.74, 6) is 0. The molecule has 0 saturated carbocycles. The van der Waals surface area contributed by atoms with E-state index in [9.17, 15) is 0 Å². The number of rotatable bonds is 4. The van der Waals surface area contributed by atoms with Crippen molar-refractivity contribution >= 4 is 0 Å². The van der Waals surface area contributed by atoms with Gasteiger partial charge >= 0.3 is 0 Å². The quantitative estimate of drug-likeness (QED) is 0.874. The summed E-state index contributed by atoms with van der Waals surface area (Å²) in [5, 5.41) is 7.89. The molecule has 1 N–H and O–H groups in total. The van der Waals surface area contributed by atoms with Crippen LogP contribution in [-0.2, 0) is 20.6 Å². The molecule has 0 aliphatic carbocycles. The van der Waals surface area contributed by atoms with E-state index < -0.39 is 0 Å². The number of nitrogens with zero attached hydrogens (tertiary/aromatic N) is 3. The van der Waals surface area contributed by atoms with Crippen LogP contribution < -0.4 is 5.32 Å². The molecule has 1 unspecified atom stereocenters. The van der Waals surface area contributed by atoms with Gasteiger partial charge in [-0.3, -0.25) is 4.68 Å². The number of hydrogen-bond donors (Lipinski definition) is 1. The summed E-state index contributed by atoms with van der Waals surface area (Å²) in [7, 11) is 4.03. The average molecular weight is 232 g/mol. The van der Waals surface area contributed by atoms with Crippen molar-refractivity contribution in [3.63, 3.8) is 0 Å². The molecule has 0 aliphatic rings. The minimum atomic E-state index is 0.318. The van der Waals surface area contributed by atoms with Crippen molar-refractivity contribution < 1.29 is 0 Å². The van der Waals surface area contributed by atoms with Gasteiger partial charge in [0, 0.05) is 50.3 Å². The van der Waals surface area contributed by atoms with Gasteiger partial charge in [0.1, 0.15) is 0 Å². The predicted molar refractivity (Wildman–Crippen MR) is 68.6 cm³/mol. The van der Waals surface area contributed by atoms with Gasteiger partial charge < -0.3 is 9.88 Å². The molecule has 2 rings (SSSR count). The Morgan fingerprint density at radius 1 is 1.41 bits per heavy atom. The summed E-state index contributed by atoms with van der Waals surface area (Å²) in [6.45, 7) is 5.10. The predicted octanol–water partition coefficient (Wildman–Crippen LogP) is 1.92. The van der Waals surface area contributed by atoms with Crippen molar-refractivity contribution in [3.05, 3.63) is 41.5 Å². The molecule has 2 aromatic heterocycles. The molecule has 0 amide bonds. The van der Waals surface area contributed by atoms with Crippen molar-refractivity contribution in [3.8, 4) is 0 Å². The van der Waals surface area contributed by atoms with Crippen LogP contribution >= 0.6 is 0 Å². The maximum Gasteiger partial charge on any atom is 0.0641 e. The van der Waals surface area contributed by atoms with Crippen LogP contribution in [0, 0.1) is 6.92 Å². The lowest BCUT2D eigenvalue weighted by Crippen LogP contribution is -2.19. The SMILES string of the molecule is Cc1nn(C)cc1C(C)NCc1cccn1C. The van der Waals surface area contributed by atoms with Crippen molar-refractivity contribution in [2.24, 2.45) is 14.1 Å². The fraction of sp³-hybridized carbons (Fsp3) is 0.462. The zero-order chi connectivity index (χ0) is 12.4. The first-order valence-electron chi connectivity index (χ1n) is 5.91. The van der Waals surface area contributed by atoms with Crippen molar-refractivity contribution in [2.45, 2.75) is 26.4 Å². The number of aryl methyl sites for hydroxylation is 3. The van der Waals surface area contributed by atoms with E-state index >= 15 is 0 Å². The van der Waals surface area contributed by atoms with Gasteiger partial charge in [-0.1, -0.05) is 0 Å². The average Bonchev–Trinajstić information content (AvgIpc) is 2.81. The molecule has 0 spiro atoms. The fourth-order valence-electron chi connectivity index (χ4n) is 2.09. The topological polar surface area (TPSA) is 34.8 Å². The Bertz CT molecular complexity index is 495. The van der Waals surface area contributed by atoms with Gasteiger partial charge in [0.15, 0.2) is 0 Å². The molecule has 1 atom stereocenters. The maximum absolute atomic E-state index is 4.37. The van der Waals surface area contributed by atoms with E-state index in [1.165, 1.54) is 11.3 Å². The Labute approximate surface area is 102 Å². The molecule has 2 heterocycles. The van der Waals surface area contributed by atoms with Gasteiger partial charge in [-0.15, -0.1) is 0 Å². The monoisotopic (exact) mass is 232 g/mol. The molecule has 0 bridgehead atoms. The lowest BCUT2D eigenvalue weighted by molar-refractivity contribution is 0.555. The van der Waals surface area contributed by atoms with Crippen LogP contribution in [0.5, 0.6) is 0 Å². The van der Waals surface area contributed by atoms with E-state index in [-0.39, 0.29) is 0 Å².